The minimum Gasteiger partial charge on any atom is -0.497 e. The molecule has 0 amide bonds. The first-order valence-corrected chi connectivity index (χ1v) is 8.15. The van der Waals surface area contributed by atoms with Crippen LogP contribution in [0.25, 0.3) is 0 Å². The largest absolute Gasteiger partial charge is 0.497 e. The Kier molecular flexibility index (Phi) is 6.04. The van der Waals surface area contributed by atoms with Crippen molar-refractivity contribution in [2.45, 2.75) is 20.4 Å². The van der Waals surface area contributed by atoms with Gasteiger partial charge in [-0.25, -0.2) is 0 Å². The van der Waals surface area contributed by atoms with Gasteiger partial charge in [-0.3, -0.25) is 0 Å². The molecule has 4 nitrogen and oxygen atoms in total. The van der Waals surface area contributed by atoms with Crippen LogP contribution in [0.5, 0.6) is 11.5 Å². The summed E-state index contributed by atoms with van der Waals surface area (Å²) in [6.45, 7) is 4.78. The van der Waals surface area contributed by atoms with Crippen LogP contribution in [0.1, 0.15) is 16.7 Å². The smallest absolute Gasteiger partial charge is 0.173 e. The number of thiocarbonyl (C=S) groups is 1. The number of ether oxygens (including phenoxy) is 2. The summed E-state index contributed by atoms with van der Waals surface area (Å²) in [6.07, 6.45) is 0. The summed E-state index contributed by atoms with van der Waals surface area (Å²) in [5.41, 5.74) is 4.45. The van der Waals surface area contributed by atoms with Crippen molar-refractivity contribution in [3.8, 4) is 11.5 Å². The van der Waals surface area contributed by atoms with Gasteiger partial charge < -0.3 is 19.7 Å². The lowest BCUT2D eigenvalue weighted by atomic mass is 10.1. The molecule has 0 aromatic heterocycles. The average Bonchev–Trinajstić information content (AvgIpc) is 2.58. The molecule has 0 saturated heterocycles. The molecule has 1 N–H and O–H groups in total. The molecule has 128 valence electrons. The highest BCUT2D eigenvalue weighted by Crippen LogP contribution is 2.26. The molecular formula is C19H24N2O2S. The Hall–Kier alpha value is -2.27. The predicted octanol–water partition coefficient (Wildman–Crippen LogP) is 4.15. The molecule has 2 aromatic rings. The standard InChI is InChI=1S/C19H24N2O2S/c1-13-6-7-14(2)17(10-13)20-19(24)21(3)12-15-8-9-16(22-4)11-18(15)23-5/h6-11H,12H2,1-5H3,(H,20,24). The fourth-order valence-corrected chi connectivity index (χ4v) is 2.57. The van der Waals surface area contributed by atoms with Crippen LogP contribution in [0.3, 0.4) is 0 Å². The van der Waals surface area contributed by atoms with Crippen molar-refractivity contribution in [1.29, 1.82) is 0 Å². The summed E-state index contributed by atoms with van der Waals surface area (Å²) >= 11 is 5.54. The van der Waals surface area contributed by atoms with Gasteiger partial charge in [-0.1, -0.05) is 12.1 Å². The summed E-state index contributed by atoms with van der Waals surface area (Å²) in [7, 11) is 5.26. The van der Waals surface area contributed by atoms with Crippen molar-refractivity contribution in [3.05, 3.63) is 53.1 Å². The van der Waals surface area contributed by atoms with E-state index in [-0.39, 0.29) is 0 Å². The van der Waals surface area contributed by atoms with E-state index in [4.69, 9.17) is 21.7 Å². The van der Waals surface area contributed by atoms with Crippen LogP contribution >= 0.6 is 12.2 Å². The molecule has 0 heterocycles. The predicted molar refractivity (Wildman–Crippen MR) is 103 cm³/mol. The molecule has 0 spiro atoms. The number of hydrogen-bond acceptors (Lipinski definition) is 3. The van der Waals surface area contributed by atoms with Crippen LogP contribution < -0.4 is 14.8 Å². The van der Waals surface area contributed by atoms with E-state index in [1.54, 1.807) is 14.2 Å². The molecule has 0 radical (unpaired) electrons. The molecule has 2 rings (SSSR count). The molecule has 0 fully saturated rings. The lowest BCUT2D eigenvalue weighted by Gasteiger charge is -2.23. The molecule has 0 aliphatic carbocycles. The van der Waals surface area contributed by atoms with Crippen LogP contribution in [-0.2, 0) is 6.54 Å². The van der Waals surface area contributed by atoms with E-state index in [2.05, 4.69) is 37.4 Å². The maximum absolute atomic E-state index is 5.54. The van der Waals surface area contributed by atoms with Gasteiger partial charge in [0.2, 0.25) is 0 Å². The van der Waals surface area contributed by atoms with Gasteiger partial charge in [-0.2, -0.15) is 0 Å². The minimum atomic E-state index is 0.643. The lowest BCUT2D eigenvalue weighted by molar-refractivity contribution is 0.384. The second-order valence-electron chi connectivity index (χ2n) is 5.78. The Morgan fingerprint density at radius 3 is 2.50 bits per heavy atom. The Morgan fingerprint density at radius 2 is 1.83 bits per heavy atom. The number of rotatable bonds is 5. The summed E-state index contributed by atoms with van der Waals surface area (Å²) in [5.74, 6) is 1.56. The highest BCUT2D eigenvalue weighted by molar-refractivity contribution is 7.80. The minimum absolute atomic E-state index is 0.643. The molecular weight excluding hydrogens is 320 g/mol. The number of anilines is 1. The van der Waals surface area contributed by atoms with E-state index in [0.29, 0.717) is 11.7 Å². The van der Waals surface area contributed by atoms with Gasteiger partial charge in [0.25, 0.3) is 0 Å². The van der Waals surface area contributed by atoms with Crippen molar-refractivity contribution in [2.24, 2.45) is 0 Å². The number of benzene rings is 2. The monoisotopic (exact) mass is 344 g/mol. The van der Waals surface area contributed by atoms with Crippen molar-refractivity contribution in [1.82, 2.24) is 4.90 Å². The van der Waals surface area contributed by atoms with Crippen molar-refractivity contribution in [2.75, 3.05) is 26.6 Å². The third kappa shape index (κ3) is 4.38. The summed E-state index contributed by atoms with van der Waals surface area (Å²) in [6, 6.07) is 12.1. The van der Waals surface area contributed by atoms with Gasteiger partial charge in [0.1, 0.15) is 11.5 Å². The Bertz CT molecular complexity index is 731. The average molecular weight is 344 g/mol. The van der Waals surface area contributed by atoms with E-state index in [0.717, 1.165) is 22.7 Å². The summed E-state index contributed by atoms with van der Waals surface area (Å²) < 4.78 is 10.7. The molecule has 0 aliphatic heterocycles. The summed E-state index contributed by atoms with van der Waals surface area (Å²) in [5, 5.41) is 3.99. The van der Waals surface area contributed by atoms with Crippen LogP contribution in [0, 0.1) is 13.8 Å². The number of methoxy groups -OCH3 is 2. The molecule has 5 heteroatoms. The van der Waals surface area contributed by atoms with Crippen LogP contribution in [0.2, 0.25) is 0 Å². The highest BCUT2D eigenvalue weighted by Gasteiger charge is 2.11. The van der Waals surface area contributed by atoms with Crippen molar-refractivity contribution < 1.29 is 9.47 Å². The van der Waals surface area contributed by atoms with Crippen molar-refractivity contribution in [3.63, 3.8) is 0 Å². The van der Waals surface area contributed by atoms with Gasteiger partial charge in [0.15, 0.2) is 5.11 Å². The van der Waals surface area contributed by atoms with Gasteiger partial charge in [-0.15, -0.1) is 0 Å². The normalized spacial score (nSPS) is 10.2. The zero-order chi connectivity index (χ0) is 17.7. The topological polar surface area (TPSA) is 33.7 Å². The zero-order valence-electron chi connectivity index (χ0n) is 14.8. The second-order valence-corrected chi connectivity index (χ2v) is 6.17. The van der Waals surface area contributed by atoms with E-state index >= 15 is 0 Å². The Balaban J connectivity index is 2.10. The third-order valence-corrected chi connectivity index (χ3v) is 4.30. The van der Waals surface area contributed by atoms with E-state index in [9.17, 15) is 0 Å². The zero-order valence-corrected chi connectivity index (χ0v) is 15.7. The van der Waals surface area contributed by atoms with Gasteiger partial charge in [-0.05, 0) is 55.4 Å². The quantitative estimate of drug-likeness (QED) is 0.824. The maximum atomic E-state index is 5.54. The fourth-order valence-electron chi connectivity index (χ4n) is 2.39. The van der Waals surface area contributed by atoms with Crippen LogP contribution in [0.4, 0.5) is 5.69 Å². The maximum Gasteiger partial charge on any atom is 0.173 e. The molecule has 2 aromatic carbocycles. The molecule has 0 unspecified atom stereocenters. The molecule has 0 saturated carbocycles. The van der Waals surface area contributed by atoms with Gasteiger partial charge >= 0.3 is 0 Å². The molecule has 0 atom stereocenters. The fraction of sp³-hybridized carbons (Fsp3) is 0.316. The number of hydrogen-bond donors (Lipinski definition) is 1. The number of nitrogens with one attached hydrogen (secondary N) is 1. The van der Waals surface area contributed by atoms with Gasteiger partial charge in [0.05, 0.1) is 14.2 Å². The molecule has 0 aliphatic rings. The molecule has 0 bridgehead atoms. The highest BCUT2D eigenvalue weighted by atomic mass is 32.1. The lowest BCUT2D eigenvalue weighted by Crippen LogP contribution is -2.31. The second kappa shape index (κ2) is 8.02. The first kappa shape index (κ1) is 18.1. The first-order chi connectivity index (χ1) is 11.4. The number of aryl methyl sites for hydroxylation is 2. The van der Waals surface area contributed by atoms with Gasteiger partial charge in [0, 0.05) is 30.9 Å². The van der Waals surface area contributed by atoms with Crippen molar-refractivity contribution >= 4 is 23.0 Å². The SMILES string of the molecule is COc1ccc(CN(C)C(=S)Nc2cc(C)ccc2C)c(OC)c1. The van der Waals surface area contributed by atoms with E-state index in [1.807, 2.05) is 30.1 Å². The van der Waals surface area contributed by atoms with Crippen LogP contribution in [-0.4, -0.2) is 31.3 Å². The Labute approximate surface area is 149 Å². The molecule has 24 heavy (non-hydrogen) atoms. The van der Waals surface area contributed by atoms with E-state index < -0.39 is 0 Å². The van der Waals surface area contributed by atoms with Crippen LogP contribution in [0.15, 0.2) is 36.4 Å². The third-order valence-electron chi connectivity index (χ3n) is 3.88. The van der Waals surface area contributed by atoms with E-state index in [1.165, 1.54) is 11.1 Å². The number of nitrogens with zero attached hydrogens (tertiary/aromatic N) is 1. The Morgan fingerprint density at radius 1 is 1.08 bits per heavy atom. The summed E-state index contributed by atoms with van der Waals surface area (Å²) in [4.78, 5) is 1.99. The first-order valence-electron chi connectivity index (χ1n) is 7.75.